The number of ether oxygens (including phenoxy) is 1. The van der Waals surface area contributed by atoms with E-state index in [1.807, 2.05) is 6.92 Å². The van der Waals surface area contributed by atoms with Crippen LogP contribution in [0.1, 0.15) is 32.3 Å². The first-order chi connectivity index (χ1) is 12.6. The summed E-state index contributed by atoms with van der Waals surface area (Å²) in [5.74, 6) is 0. The number of hydrogen-bond acceptors (Lipinski definition) is 5. The molecule has 1 heterocycles. The van der Waals surface area contributed by atoms with E-state index in [9.17, 15) is 0 Å². The number of nitrogens with one attached hydrogen (secondary N) is 1. The van der Waals surface area contributed by atoms with Crippen LogP contribution in [0.4, 0.5) is 5.69 Å². The lowest BCUT2D eigenvalue weighted by atomic mass is 10.0. The predicted molar refractivity (Wildman–Crippen MR) is 112 cm³/mol. The van der Waals surface area contributed by atoms with Gasteiger partial charge in [-0.1, -0.05) is 12.1 Å². The maximum atomic E-state index is 6.85. The second kappa shape index (κ2) is 10.5. The molecule has 1 saturated heterocycles. The van der Waals surface area contributed by atoms with Gasteiger partial charge in [-0.3, -0.25) is 9.98 Å². The molecule has 0 bridgehead atoms. The van der Waals surface area contributed by atoms with Crippen LogP contribution in [0.2, 0.25) is 0 Å². The second-order valence-electron chi connectivity index (χ2n) is 6.36. The van der Waals surface area contributed by atoms with Crippen LogP contribution in [0.25, 0.3) is 5.57 Å². The minimum atomic E-state index is 0.558. The van der Waals surface area contributed by atoms with Crippen molar-refractivity contribution < 1.29 is 4.74 Å². The van der Waals surface area contributed by atoms with Crippen molar-refractivity contribution in [2.45, 2.75) is 32.7 Å². The van der Waals surface area contributed by atoms with E-state index >= 15 is 0 Å². The van der Waals surface area contributed by atoms with Crippen LogP contribution in [0.3, 0.4) is 0 Å². The van der Waals surface area contributed by atoms with E-state index in [0.29, 0.717) is 6.04 Å². The Morgan fingerprint density at radius 3 is 2.50 bits per heavy atom. The Bertz CT molecular complexity index is 695. The molecule has 2 rings (SSSR count). The van der Waals surface area contributed by atoms with Crippen LogP contribution in [0.15, 0.2) is 52.7 Å². The van der Waals surface area contributed by atoms with Gasteiger partial charge in [0.1, 0.15) is 0 Å². The zero-order chi connectivity index (χ0) is 18.8. The quantitative estimate of drug-likeness (QED) is 0.741. The average molecular weight is 352 g/mol. The molecule has 1 aromatic rings. The van der Waals surface area contributed by atoms with Gasteiger partial charge in [0.25, 0.3) is 0 Å². The topological polar surface area (TPSA) is 61.0 Å². The summed E-state index contributed by atoms with van der Waals surface area (Å²) in [4.78, 5) is 10.6. The van der Waals surface area contributed by atoms with Crippen LogP contribution in [-0.4, -0.2) is 44.4 Å². The Morgan fingerprint density at radius 1 is 1.15 bits per heavy atom. The van der Waals surface area contributed by atoms with E-state index in [4.69, 9.17) is 10.1 Å². The molecule has 0 aliphatic carbocycles. The SMILES string of the molecule is C\C(=C/C(C)=N/C=C\N=C\C=N)c1ccc(N(C)C2CCOCC2)cc1. The average Bonchev–Trinajstić information content (AvgIpc) is 2.68. The normalized spacial score (nSPS) is 17.2. The van der Waals surface area contributed by atoms with Crippen molar-refractivity contribution in [1.29, 1.82) is 5.41 Å². The molecule has 0 aromatic heterocycles. The molecule has 0 amide bonds. The van der Waals surface area contributed by atoms with Crippen molar-refractivity contribution in [2.75, 3.05) is 25.2 Å². The molecule has 0 atom stereocenters. The van der Waals surface area contributed by atoms with Gasteiger partial charge >= 0.3 is 0 Å². The molecule has 5 heteroatoms. The summed E-state index contributed by atoms with van der Waals surface area (Å²) in [5.41, 5.74) is 4.51. The summed E-state index contributed by atoms with van der Waals surface area (Å²) in [6.07, 6.45) is 9.97. The molecule has 26 heavy (non-hydrogen) atoms. The third-order valence-electron chi connectivity index (χ3n) is 4.49. The number of rotatable bonds is 7. The van der Waals surface area contributed by atoms with Gasteiger partial charge < -0.3 is 15.0 Å². The van der Waals surface area contributed by atoms with Crippen molar-refractivity contribution in [3.05, 3.63) is 48.3 Å². The van der Waals surface area contributed by atoms with Gasteiger partial charge in [0.15, 0.2) is 0 Å². The summed E-state index contributed by atoms with van der Waals surface area (Å²) >= 11 is 0. The highest BCUT2D eigenvalue weighted by atomic mass is 16.5. The summed E-state index contributed by atoms with van der Waals surface area (Å²) < 4.78 is 5.45. The van der Waals surface area contributed by atoms with Crippen LogP contribution in [0.5, 0.6) is 0 Å². The van der Waals surface area contributed by atoms with Crippen molar-refractivity contribution in [3.63, 3.8) is 0 Å². The Labute approximate surface area is 156 Å². The minimum absolute atomic E-state index is 0.558. The molecule has 5 nitrogen and oxygen atoms in total. The Balaban J connectivity index is 2.01. The number of anilines is 1. The van der Waals surface area contributed by atoms with E-state index in [0.717, 1.165) is 38.0 Å². The summed E-state index contributed by atoms with van der Waals surface area (Å²) in [6, 6.07) is 9.24. The van der Waals surface area contributed by atoms with E-state index in [-0.39, 0.29) is 0 Å². The van der Waals surface area contributed by atoms with Crippen molar-refractivity contribution in [1.82, 2.24) is 0 Å². The first-order valence-electron chi connectivity index (χ1n) is 8.93. The third kappa shape index (κ3) is 6.08. The number of benzene rings is 1. The predicted octanol–water partition coefficient (Wildman–Crippen LogP) is 4.36. The fraction of sp³-hybridized carbons (Fsp3) is 0.381. The molecule has 1 aromatic carbocycles. The number of aliphatic imine (C=N–C) groups is 2. The van der Waals surface area contributed by atoms with Crippen LogP contribution in [-0.2, 0) is 4.74 Å². The maximum absolute atomic E-state index is 6.85. The molecular formula is C21H28N4O. The minimum Gasteiger partial charge on any atom is -0.381 e. The molecule has 138 valence electrons. The van der Waals surface area contributed by atoms with Gasteiger partial charge in [-0.25, -0.2) is 0 Å². The fourth-order valence-electron chi connectivity index (χ4n) is 2.96. The third-order valence-corrected chi connectivity index (χ3v) is 4.49. The lowest BCUT2D eigenvalue weighted by Gasteiger charge is -2.33. The van der Waals surface area contributed by atoms with Crippen LogP contribution >= 0.6 is 0 Å². The lowest BCUT2D eigenvalue weighted by molar-refractivity contribution is 0.0855. The zero-order valence-corrected chi connectivity index (χ0v) is 15.9. The van der Waals surface area contributed by atoms with Crippen LogP contribution < -0.4 is 4.90 Å². The number of allylic oxidation sites excluding steroid dienone is 2. The van der Waals surface area contributed by atoms with Gasteiger partial charge in [0.2, 0.25) is 0 Å². The molecule has 0 radical (unpaired) electrons. The molecular weight excluding hydrogens is 324 g/mol. The monoisotopic (exact) mass is 352 g/mol. The Kier molecular flexibility index (Phi) is 7.96. The second-order valence-corrected chi connectivity index (χ2v) is 6.36. The number of nitrogens with zero attached hydrogens (tertiary/aromatic N) is 3. The van der Waals surface area contributed by atoms with E-state index < -0.39 is 0 Å². The molecule has 1 fully saturated rings. The molecule has 1 aliphatic rings. The van der Waals surface area contributed by atoms with Gasteiger partial charge in [-0.15, -0.1) is 0 Å². The first kappa shape index (κ1) is 19.8. The van der Waals surface area contributed by atoms with Crippen molar-refractivity contribution >= 4 is 29.4 Å². The Morgan fingerprint density at radius 2 is 1.85 bits per heavy atom. The summed E-state index contributed by atoms with van der Waals surface area (Å²) in [6.45, 7) is 5.76. The van der Waals surface area contributed by atoms with Crippen molar-refractivity contribution in [3.8, 4) is 0 Å². The number of hydrogen-bond donors (Lipinski definition) is 1. The highest BCUT2D eigenvalue weighted by Crippen LogP contribution is 2.23. The molecule has 1 aliphatic heterocycles. The highest BCUT2D eigenvalue weighted by Gasteiger charge is 2.18. The maximum Gasteiger partial charge on any atom is 0.0485 e. The van der Waals surface area contributed by atoms with Gasteiger partial charge in [-0.2, -0.15) is 0 Å². The summed E-state index contributed by atoms with van der Waals surface area (Å²) in [5, 5.41) is 6.85. The van der Waals surface area contributed by atoms with Gasteiger partial charge in [0.05, 0.1) is 0 Å². The van der Waals surface area contributed by atoms with E-state index in [2.05, 4.69) is 59.2 Å². The highest BCUT2D eigenvalue weighted by molar-refractivity contribution is 6.14. The summed E-state index contributed by atoms with van der Waals surface area (Å²) in [7, 11) is 2.16. The fourth-order valence-corrected chi connectivity index (χ4v) is 2.96. The van der Waals surface area contributed by atoms with E-state index in [1.54, 1.807) is 12.4 Å². The molecule has 0 saturated carbocycles. The van der Waals surface area contributed by atoms with Crippen molar-refractivity contribution in [2.24, 2.45) is 9.98 Å². The zero-order valence-electron chi connectivity index (χ0n) is 15.9. The van der Waals surface area contributed by atoms with Gasteiger partial charge in [0, 0.05) is 62.5 Å². The van der Waals surface area contributed by atoms with E-state index in [1.165, 1.54) is 23.0 Å². The lowest BCUT2D eigenvalue weighted by Crippen LogP contribution is -2.36. The molecule has 0 spiro atoms. The smallest absolute Gasteiger partial charge is 0.0485 e. The molecule has 0 unspecified atom stereocenters. The van der Waals surface area contributed by atoms with Gasteiger partial charge in [-0.05, 0) is 56.0 Å². The first-order valence-corrected chi connectivity index (χ1v) is 8.93. The largest absolute Gasteiger partial charge is 0.381 e. The standard InChI is InChI=1S/C21H28N4O/c1-17(16-18(2)24-13-12-23-11-10-22)19-4-6-20(7-5-19)25(3)21-8-14-26-15-9-21/h4-7,10-13,16,21-22H,8-9,14-15H2,1-3H3/b13-12-,17-16+,22-10?,23-11+,24-18+. The Hall–Kier alpha value is -2.53. The molecule has 1 N–H and O–H groups in total. The van der Waals surface area contributed by atoms with Crippen LogP contribution in [0, 0.1) is 5.41 Å².